The minimum atomic E-state index is -3.17. The number of rotatable bonds is 9. The summed E-state index contributed by atoms with van der Waals surface area (Å²) in [4.78, 5) is 0. The Bertz CT molecular complexity index is 468. The van der Waals surface area contributed by atoms with E-state index in [0.717, 1.165) is 12.1 Å². The van der Waals surface area contributed by atoms with E-state index in [-0.39, 0.29) is 5.75 Å². The maximum absolute atomic E-state index is 11.7. The van der Waals surface area contributed by atoms with E-state index >= 15 is 0 Å². The van der Waals surface area contributed by atoms with E-state index in [2.05, 4.69) is 15.1 Å². The first-order valence-corrected chi connectivity index (χ1v) is 8.24. The van der Waals surface area contributed by atoms with Crippen LogP contribution >= 0.6 is 0 Å². The fraction of sp³-hybridized carbons (Fsp3) is 0.750. The minimum Gasteiger partial charge on any atom is -0.314 e. The van der Waals surface area contributed by atoms with Crippen LogP contribution in [0.25, 0.3) is 0 Å². The quantitative estimate of drug-likeness (QED) is 0.649. The van der Waals surface area contributed by atoms with Crippen LogP contribution in [-0.2, 0) is 16.6 Å². The Balaban J connectivity index is 2.19. The van der Waals surface area contributed by atoms with Crippen molar-refractivity contribution < 1.29 is 8.42 Å². The van der Waals surface area contributed by atoms with E-state index in [1.807, 2.05) is 27.0 Å². The predicted molar refractivity (Wildman–Crippen MR) is 76.5 cm³/mol. The number of hydrogen-bond donors (Lipinski definition) is 2. The lowest BCUT2D eigenvalue weighted by Gasteiger charge is -2.09. The molecule has 0 aliphatic rings. The van der Waals surface area contributed by atoms with Gasteiger partial charge in [0.25, 0.3) is 0 Å². The number of sulfonamides is 1. The molecular weight excluding hydrogens is 264 g/mol. The Labute approximate surface area is 115 Å². The highest BCUT2D eigenvalue weighted by molar-refractivity contribution is 7.89. The van der Waals surface area contributed by atoms with Crippen LogP contribution in [0.3, 0.4) is 0 Å². The monoisotopic (exact) mass is 288 g/mol. The largest absolute Gasteiger partial charge is 0.314 e. The zero-order chi connectivity index (χ0) is 14.3. The maximum Gasteiger partial charge on any atom is 0.211 e. The molecule has 2 N–H and O–H groups in total. The molecule has 1 heterocycles. The zero-order valence-corrected chi connectivity index (χ0v) is 12.7. The normalized spacial score (nSPS) is 12.2. The van der Waals surface area contributed by atoms with Crippen molar-refractivity contribution in [3.05, 3.63) is 18.0 Å². The second-order valence-electron chi connectivity index (χ2n) is 4.96. The lowest BCUT2D eigenvalue weighted by Crippen LogP contribution is -2.32. The van der Waals surface area contributed by atoms with Crippen molar-refractivity contribution in [1.82, 2.24) is 19.8 Å². The minimum absolute atomic E-state index is 0.158. The summed E-state index contributed by atoms with van der Waals surface area (Å²) in [7, 11) is -3.17. The molecule has 110 valence electrons. The van der Waals surface area contributed by atoms with Crippen LogP contribution in [0, 0.1) is 6.92 Å². The summed E-state index contributed by atoms with van der Waals surface area (Å²) >= 11 is 0. The molecule has 0 fully saturated rings. The molecular formula is C12H24N4O2S. The number of nitrogens with one attached hydrogen (secondary N) is 2. The molecule has 19 heavy (non-hydrogen) atoms. The zero-order valence-electron chi connectivity index (χ0n) is 11.9. The van der Waals surface area contributed by atoms with Gasteiger partial charge in [0.15, 0.2) is 0 Å². The number of aromatic nitrogens is 2. The summed E-state index contributed by atoms with van der Waals surface area (Å²) in [5.74, 6) is 0.158. The van der Waals surface area contributed by atoms with Gasteiger partial charge in [-0.25, -0.2) is 13.1 Å². The highest BCUT2D eigenvalue weighted by Crippen LogP contribution is 1.94. The molecule has 0 aliphatic heterocycles. The van der Waals surface area contributed by atoms with Gasteiger partial charge in [-0.2, -0.15) is 5.10 Å². The van der Waals surface area contributed by atoms with Gasteiger partial charge in [-0.05, 0) is 25.5 Å². The smallest absolute Gasteiger partial charge is 0.211 e. The third-order valence-electron chi connectivity index (χ3n) is 2.57. The van der Waals surface area contributed by atoms with E-state index in [1.165, 1.54) is 0 Å². The van der Waals surface area contributed by atoms with Crippen molar-refractivity contribution >= 4 is 10.0 Å². The molecule has 1 rings (SSSR count). The lowest BCUT2D eigenvalue weighted by atomic mass is 10.4. The van der Waals surface area contributed by atoms with Gasteiger partial charge >= 0.3 is 0 Å². The average molecular weight is 288 g/mol. The van der Waals surface area contributed by atoms with E-state index in [1.54, 1.807) is 10.9 Å². The highest BCUT2D eigenvalue weighted by Gasteiger charge is 2.09. The Morgan fingerprint density at radius 3 is 2.68 bits per heavy atom. The fourth-order valence-corrected chi connectivity index (χ4v) is 2.70. The number of hydrogen-bond acceptors (Lipinski definition) is 4. The first kappa shape index (κ1) is 16.1. The van der Waals surface area contributed by atoms with Gasteiger partial charge in [-0.1, -0.05) is 13.8 Å². The summed E-state index contributed by atoms with van der Waals surface area (Å²) in [5, 5.41) is 7.30. The van der Waals surface area contributed by atoms with Crippen molar-refractivity contribution in [3.8, 4) is 0 Å². The van der Waals surface area contributed by atoms with E-state index in [4.69, 9.17) is 0 Å². The number of aryl methyl sites for hydroxylation is 1. The van der Waals surface area contributed by atoms with Gasteiger partial charge < -0.3 is 5.32 Å². The Morgan fingerprint density at radius 2 is 2.11 bits per heavy atom. The molecule has 6 nitrogen and oxygen atoms in total. The second kappa shape index (κ2) is 7.62. The molecule has 0 aromatic carbocycles. The first-order chi connectivity index (χ1) is 8.89. The fourth-order valence-electron chi connectivity index (χ4n) is 1.63. The van der Waals surface area contributed by atoms with Crippen molar-refractivity contribution in [1.29, 1.82) is 0 Å². The lowest BCUT2D eigenvalue weighted by molar-refractivity contribution is 0.549. The third kappa shape index (κ3) is 7.29. The molecule has 0 bridgehead atoms. The molecule has 7 heteroatoms. The van der Waals surface area contributed by atoms with Gasteiger partial charge in [-0.3, -0.25) is 4.68 Å². The van der Waals surface area contributed by atoms with Gasteiger partial charge in [-0.15, -0.1) is 0 Å². The maximum atomic E-state index is 11.7. The topological polar surface area (TPSA) is 76.0 Å². The van der Waals surface area contributed by atoms with Crippen LogP contribution in [0.5, 0.6) is 0 Å². The van der Waals surface area contributed by atoms with Crippen LogP contribution in [-0.4, -0.2) is 43.1 Å². The van der Waals surface area contributed by atoms with Gasteiger partial charge in [0.05, 0.1) is 18.5 Å². The van der Waals surface area contributed by atoms with Crippen molar-refractivity contribution in [3.63, 3.8) is 0 Å². The van der Waals surface area contributed by atoms with Gasteiger partial charge in [0, 0.05) is 18.8 Å². The highest BCUT2D eigenvalue weighted by atomic mass is 32.2. The van der Waals surface area contributed by atoms with Crippen LogP contribution < -0.4 is 10.0 Å². The molecule has 0 unspecified atom stereocenters. The Hall–Kier alpha value is -0.920. The van der Waals surface area contributed by atoms with Crippen LogP contribution in [0.4, 0.5) is 0 Å². The Kier molecular flexibility index (Phi) is 6.47. The van der Waals surface area contributed by atoms with Crippen LogP contribution in [0.15, 0.2) is 12.4 Å². The summed E-state index contributed by atoms with van der Waals surface area (Å²) in [6.07, 6.45) is 4.27. The van der Waals surface area contributed by atoms with Gasteiger partial charge in [0.1, 0.15) is 0 Å². The van der Waals surface area contributed by atoms with Crippen molar-refractivity contribution in [2.75, 3.05) is 18.8 Å². The van der Waals surface area contributed by atoms with Crippen molar-refractivity contribution in [2.45, 2.75) is 39.8 Å². The van der Waals surface area contributed by atoms with Crippen molar-refractivity contribution in [2.24, 2.45) is 0 Å². The third-order valence-corrected chi connectivity index (χ3v) is 4.04. The molecule has 1 aromatic rings. The van der Waals surface area contributed by atoms with Gasteiger partial charge in [0.2, 0.25) is 10.0 Å². The van der Waals surface area contributed by atoms with E-state index in [0.29, 0.717) is 25.6 Å². The standard InChI is InChI=1S/C12H24N4O2S/c1-11(2)13-5-4-8-19(17,18)15-6-7-16-10-12(3)9-14-16/h9-11,13,15H,4-8H2,1-3H3. The molecule has 0 radical (unpaired) electrons. The van der Waals surface area contributed by atoms with E-state index < -0.39 is 10.0 Å². The number of nitrogens with zero attached hydrogens (tertiary/aromatic N) is 2. The molecule has 0 saturated heterocycles. The molecule has 0 amide bonds. The summed E-state index contributed by atoms with van der Waals surface area (Å²) in [6, 6.07) is 0.388. The molecule has 0 atom stereocenters. The SMILES string of the molecule is Cc1cnn(CCNS(=O)(=O)CCCNC(C)C)c1. The summed E-state index contributed by atoms with van der Waals surface area (Å²) in [6.45, 7) is 7.68. The summed E-state index contributed by atoms with van der Waals surface area (Å²) < 4.78 is 27.7. The predicted octanol–water partition coefficient (Wildman–Crippen LogP) is 0.499. The average Bonchev–Trinajstić information content (AvgIpc) is 2.70. The Morgan fingerprint density at radius 1 is 1.37 bits per heavy atom. The molecule has 1 aromatic heterocycles. The second-order valence-corrected chi connectivity index (χ2v) is 6.88. The summed E-state index contributed by atoms with van der Waals surface area (Å²) in [5.41, 5.74) is 1.07. The van der Waals surface area contributed by atoms with E-state index in [9.17, 15) is 8.42 Å². The molecule has 0 aliphatic carbocycles. The van der Waals surface area contributed by atoms with Crippen LogP contribution in [0.1, 0.15) is 25.8 Å². The molecule has 0 saturated carbocycles. The first-order valence-electron chi connectivity index (χ1n) is 6.59. The van der Waals surface area contributed by atoms with Crippen LogP contribution in [0.2, 0.25) is 0 Å². The molecule has 0 spiro atoms.